The van der Waals surface area contributed by atoms with Crippen LogP contribution in [0, 0.1) is 34.5 Å². The van der Waals surface area contributed by atoms with Gasteiger partial charge in [0.25, 0.3) is 0 Å². The number of rotatable bonds is 0. The van der Waals surface area contributed by atoms with Gasteiger partial charge in [-0.2, -0.15) is 0 Å². The molecule has 4 heteroatoms. The molecular weight excluding hydrogens is 328 g/mol. The van der Waals surface area contributed by atoms with E-state index in [1.165, 1.54) is 0 Å². The highest BCUT2D eigenvalue weighted by atomic mass is 16.5. The molecular formula is C22H26O4. The lowest BCUT2D eigenvalue weighted by Gasteiger charge is -2.60. The zero-order valence-electron chi connectivity index (χ0n) is 15.7. The number of ether oxygens (including phenoxy) is 1. The highest BCUT2D eigenvalue weighted by Crippen LogP contribution is 2.68. The Kier molecular flexibility index (Phi) is 3.09. The zero-order chi connectivity index (χ0) is 18.5. The molecule has 0 radical (unpaired) electrons. The third-order valence-corrected chi connectivity index (χ3v) is 8.60. The van der Waals surface area contributed by atoms with E-state index in [0.29, 0.717) is 12.3 Å². The second-order valence-corrected chi connectivity index (χ2v) is 9.64. The fraction of sp³-hybridized carbons (Fsp3) is 0.682. The summed E-state index contributed by atoms with van der Waals surface area (Å²) in [7, 11) is 0. The van der Waals surface area contributed by atoms with Crippen LogP contribution in [0.15, 0.2) is 23.8 Å². The molecule has 7 atom stereocenters. The quantitative estimate of drug-likeness (QED) is 0.671. The van der Waals surface area contributed by atoms with E-state index >= 15 is 0 Å². The standard InChI is InChI=1S/C22H26O4/c1-12-8-14-15-5-7-22(18(25)11-26-22)21(15,3)10-17(24)19(14)20(2)6-4-13(23)9-16(12)20/h4,6,9,12,14-15,19H,5,7-8,10-11H2,1-3H3/t12-,14-,15-,19+,20-,21-,22-/m0/s1. The van der Waals surface area contributed by atoms with Crippen molar-refractivity contribution in [2.24, 2.45) is 34.5 Å². The average Bonchev–Trinajstić information content (AvgIpc) is 2.89. The molecule has 1 spiro atoms. The van der Waals surface area contributed by atoms with E-state index in [4.69, 9.17) is 4.74 Å². The summed E-state index contributed by atoms with van der Waals surface area (Å²) in [5, 5.41) is 0. The number of Topliss-reactive ketones (excluding diaryl/α,β-unsaturated/α-hetero) is 2. The first-order valence-electron chi connectivity index (χ1n) is 9.88. The second-order valence-electron chi connectivity index (χ2n) is 9.64. The van der Waals surface area contributed by atoms with Crippen LogP contribution in [0.2, 0.25) is 0 Å². The van der Waals surface area contributed by atoms with Crippen LogP contribution >= 0.6 is 0 Å². The van der Waals surface area contributed by atoms with Gasteiger partial charge in [0, 0.05) is 23.2 Å². The topological polar surface area (TPSA) is 60.4 Å². The minimum absolute atomic E-state index is 0.0316. The molecule has 0 unspecified atom stereocenters. The molecule has 1 saturated heterocycles. The highest BCUT2D eigenvalue weighted by molar-refractivity contribution is 6.02. The molecule has 5 rings (SSSR count). The molecule has 3 saturated carbocycles. The molecule has 1 aliphatic heterocycles. The Bertz CT molecular complexity index is 807. The lowest BCUT2D eigenvalue weighted by molar-refractivity contribution is -0.213. The highest BCUT2D eigenvalue weighted by Gasteiger charge is 2.72. The van der Waals surface area contributed by atoms with Crippen molar-refractivity contribution in [3.63, 3.8) is 0 Å². The lowest BCUT2D eigenvalue weighted by atomic mass is 9.45. The van der Waals surface area contributed by atoms with E-state index in [-0.39, 0.29) is 52.5 Å². The maximum atomic E-state index is 13.4. The Morgan fingerprint density at radius 2 is 1.96 bits per heavy atom. The first-order valence-corrected chi connectivity index (χ1v) is 9.88. The van der Waals surface area contributed by atoms with Gasteiger partial charge in [-0.25, -0.2) is 0 Å². The van der Waals surface area contributed by atoms with Gasteiger partial charge in [-0.3, -0.25) is 14.4 Å². The predicted molar refractivity (Wildman–Crippen MR) is 95.2 cm³/mol. The van der Waals surface area contributed by atoms with E-state index in [0.717, 1.165) is 24.8 Å². The third-order valence-electron chi connectivity index (χ3n) is 8.60. The first kappa shape index (κ1) is 16.6. The summed E-state index contributed by atoms with van der Waals surface area (Å²) in [6.45, 7) is 6.63. The van der Waals surface area contributed by atoms with Crippen molar-refractivity contribution < 1.29 is 19.1 Å². The molecule has 4 nitrogen and oxygen atoms in total. The maximum absolute atomic E-state index is 13.4. The van der Waals surface area contributed by atoms with Crippen molar-refractivity contribution in [3.8, 4) is 0 Å². The van der Waals surface area contributed by atoms with E-state index in [9.17, 15) is 14.4 Å². The van der Waals surface area contributed by atoms with Gasteiger partial charge >= 0.3 is 0 Å². The van der Waals surface area contributed by atoms with Crippen LogP contribution in [0.5, 0.6) is 0 Å². The van der Waals surface area contributed by atoms with Crippen molar-refractivity contribution in [3.05, 3.63) is 23.8 Å². The Morgan fingerprint density at radius 3 is 2.62 bits per heavy atom. The van der Waals surface area contributed by atoms with Crippen LogP contribution < -0.4 is 0 Å². The van der Waals surface area contributed by atoms with Gasteiger partial charge in [0.1, 0.15) is 18.0 Å². The van der Waals surface area contributed by atoms with Gasteiger partial charge in [-0.1, -0.05) is 32.4 Å². The molecule has 0 amide bonds. The molecule has 0 aromatic carbocycles. The van der Waals surface area contributed by atoms with Gasteiger partial charge in [0.05, 0.1) is 0 Å². The maximum Gasteiger partial charge on any atom is 0.190 e. The molecule has 26 heavy (non-hydrogen) atoms. The van der Waals surface area contributed by atoms with Crippen LogP contribution in [0.25, 0.3) is 0 Å². The van der Waals surface area contributed by atoms with Crippen molar-refractivity contribution >= 4 is 17.3 Å². The van der Waals surface area contributed by atoms with Crippen LogP contribution in [-0.4, -0.2) is 29.6 Å². The molecule has 4 aliphatic carbocycles. The summed E-state index contributed by atoms with van der Waals surface area (Å²) in [6.07, 6.45) is 8.43. The number of ketones is 3. The first-order chi connectivity index (χ1) is 12.2. The van der Waals surface area contributed by atoms with E-state index in [1.807, 2.05) is 6.08 Å². The van der Waals surface area contributed by atoms with E-state index in [1.54, 1.807) is 12.2 Å². The molecule has 5 aliphatic rings. The molecule has 0 bridgehead atoms. The van der Waals surface area contributed by atoms with Gasteiger partial charge in [0.15, 0.2) is 11.6 Å². The lowest BCUT2D eigenvalue weighted by Crippen LogP contribution is -2.66. The molecule has 138 valence electrons. The van der Waals surface area contributed by atoms with Crippen LogP contribution in [0.4, 0.5) is 0 Å². The molecule has 0 N–H and O–H groups in total. The summed E-state index contributed by atoms with van der Waals surface area (Å²) >= 11 is 0. The van der Waals surface area contributed by atoms with Crippen molar-refractivity contribution in [2.75, 3.05) is 6.61 Å². The van der Waals surface area contributed by atoms with Gasteiger partial charge < -0.3 is 4.74 Å². The number of carbonyl (C=O) groups is 3. The fourth-order valence-corrected chi connectivity index (χ4v) is 7.45. The zero-order valence-corrected chi connectivity index (χ0v) is 15.7. The summed E-state index contributed by atoms with van der Waals surface area (Å²) in [4.78, 5) is 37.9. The number of fused-ring (bicyclic) bond motifs is 6. The van der Waals surface area contributed by atoms with Gasteiger partial charge in [0.2, 0.25) is 0 Å². The molecule has 1 heterocycles. The van der Waals surface area contributed by atoms with Gasteiger partial charge in [-0.15, -0.1) is 0 Å². The number of allylic oxidation sites excluding steroid dienone is 4. The van der Waals surface area contributed by atoms with Crippen LogP contribution in [0.1, 0.15) is 46.5 Å². The Hall–Kier alpha value is -1.55. The largest absolute Gasteiger partial charge is 0.359 e. The van der Waals surface area contributed by atoms with Crippen LogP contribution in [0.3, 0.4) is 0 Å². The van der Waals surface area contributed by atoms with E-state index < -0.39 is 5.60 Å². The minimum atomic E-state index is -0.711. The number of carbonyl (C=O) groups excluding carboxylic acids is 3. The van der Waals surface area contributed by atoms with Crippen LogP contribution in [-0.2, 0) is 19.1 Å². The molecule has 0 aromatic rings. The smallest absolute Gasteiger partial charge is 0.190 e. The number of hydrogen-bond donors (Lipinski definition) is 0. The van der Waals surface area contributed by atoms with Crippen molar-refractivity contribution in [1.82, 2.24) is 0 Å². The minimum Gasteiger partial charge on any atom is -0.359 e. The third kappa shape index (κ3) is 1.68. The monoisotopic (exact) mass is 354 g/mol. The summed E-state index contributed by atoms with van der Waals surface area (Å²) in [5.74, 6) is 1.25. The second kappa shape index (κ2) is 4.83. The fourth-order valence-electron chi connectivity index (χ4n) is 7.45. The SMILES string of the molecule is C[C@H]1C[C@@H]2[C@H](C(=O)C[C@@]3(C)[C@H]2CC[C@@]32OCC2=O)[C@@]2(C)C=CC(=O)C=C12. The van der Waals surface area contributed by atoms with E-state index in [2.05, 4.69) is 20.8 Å². The van der Waals surface area contributed by atoms with Crippen molar-refractivity contribution in [2.45, 2.75) is 52.1 Å². The molecule has 0 aromatic heterocycles. The Morgan fingerprint density at radius 1 is 1.19 bits per heavy atom. The Labute approximate surface area is 154 Å². The predicted octanol–water partition coefficient (Wildman–Crippen LogP) is 3.06. The summed E-state index contributed by atoms with van der Waals surface area (Å²) in [5.41, 5.74) is -0.329. The summed E-state index contributed by atoms with van der Waals surface area (Å²) in [6, 6.07) is 0. The Balaban J connectivity index is 1.60. The van der Waals surface area contributed by atoms with Crippen molar-refractivity contribution in [1.29, 1.82) is 0 Å². The normalized spacial score (nSPS) is 52.3. The van der Waals surface area contributed by atoms with Gasteiger partial charge in [-0.05, 0) is 49.2 Å². The average molecular weight is 354 g/mol. The summed E-state index contributed by atoms with van der Waals surface area (Å²) < 4.78 is 5.89. The number of hydrogen-bond acceptors (Lipinski definition) is 4. The molecule has 4 fully saturated rings.